The summed E-state index contributed by atoms with van der Waals surface area (Å²) in [5.41, 5.74) is 7.02. The summed E-state index contributed by atoms with van der Waals surface area (Å²) in [5, 5.41) is 0. The molecule has 0 saturated heterocycles. The predicted octanol–water partition coefficient (Wildman–Crippen LogP) is 1.91. The Labute approximate surface area is 101 Å². The van der Waals surface area contributed by atoms with Crippen molar-refractivity contribution in [2.24, 2.45) is 12.8 Å². The van der Waals surface area contributed by atoms with E-state index in [-0.39, 0.29) is 0 Å². The number of benzene rings is 1. The van der Waals surface area contributed by atoms with E-state index in [2.05, 4.69) is 22.2 Å². The van der Waals surface area contributed by atoms with Crippen molar-refractivity contribution >= 4 is 17.3 Å². The van der Waals surface area contributed by atoms with Crippen LogP contribution in [0, 0.1) is 0 Å². The van der Waals surface area contributed by atoms with Gasteiger partial charge in [0.25, 0.3) is 0 Å². The molecule has 0 radical (unpaired) electrons. The van der Waals surface area contributed by atoms with Gasteiger partial charge in [0.05, 0.1) is 11.0 Å². The summed E-state index contributed by atoms with van der Waals surface area (Å²) in [4.78, 5) is 15.4. The molecule has 0 spiro atoms. The monoisotopic (exact) mass is 233 g/mol. The van der Waals surface area contributed by atoms with Gasteiger partial charge in [-0.25, -0.2) is 4.98 Å². The molecule has 2 N–H and O–H groups in total. The molecular formula is C13H19N3O. The highest BCUT2D eigenvalue weighted by Gasteiger charge is 2.09. The van der Waals surface area contributed by atoms with Gasteiger partial charge in [0.2, 0.25) is 0 Å². The van der Waals surface area contributed by atoms with Gasteiger partial charge in [0.1, 0.15) is 5.82 Å². The second-order valence-corrected chi connectivity index (χ2v) is 3.67. The van der Waals surface area contributed by atoms with Gasteiger partial charge in [0, 0.05) is 19.0 Å². The van der Waals surface area contributed by atoms with E-state index in [1.807, 2.05) is 19.2 Å². The van der Waals surface area contributed by atoms with Crippen molar-refractivity contribution in [2.75, 3.05) is 7.05 Å². The standard InChI is InChI=1S/C12H14N2O.CH5N/c1-3-5-11-13-12-9(8-15)6-4-7-10(12)14(11)2;1-2/h4,6-8H,3,5H2,1-2H3;2H2,1H3. The van der Waals surface area contributed by atoms with Crippen molar-refractivity contribution in [2.45, 2.75) is 19.8 Å². The lowest BCUT2D eigenvalue weighted by molar-refractivity contribution is 0.112. The molecule has 4 nitrogen and oxygen atoms in total. The maximum absolute atomic E-state index is 10.8. The third kappa shape index (κ3) is 2.53. The minimum absolute atomic E-state index is 0.672. The van der Waals surface area contributed by atoms with E-state index in [0.717, 1.165) is 36.0 Å². The number of hydrogen-bond acceptors (Lipinski definition) is 3. The van der Waals surface area contributed by atoms with Crippen molar-refractivity contribution in [1.82, 2.24) is 9.55 Å². The summed E-state index contributed by atoms with van der Waals surface area (Å²) in [6.45, 7) is 2.12. The van der Waals surface area contributed by atoms with Crippen LogP contribution in [0.15, 0.2) is 18.2 Å². The lowest BCUT2D eigenvalue weighted by Crippen LogP contribution is -1.96. The number of para-hydroxylation sites is 1. The van der Waals surface area contributed by atoms with E-state index >= 15 is 0 Å². The second-order valence-electron chi connectivity index (χ2n) is 3.67. The number of carbonyl (C=O) groups is 1. The summed E-state index contributed by atoms with van der Waals surface area (Å²) in [7, 11) is 3.49. The van der Waals surface area contributed by atoms with Gasteiger partial charge in [-0.05, 0) is 25.6 Å². The van der Waals surface area contributed by atoms with Crippen LogP contribution < -0.4 is 5.73 Å². The van der Waals surface area contributed by atoms with Crippen LogP contribution in [-0.2, 0) is 13.5 Å². The second kappa shape index (κ2) is 6.15. The number of aromatic nitrogens is 2. The zero-order valence-electron chi connectivity index (χ0n) is 10.6. The lowest BCUT2D eigenvalue weighted by atomic mass is 10.2. The van der Waals surface area contributed by atoms with Gasteiger partial charge in [-0.3, -0.25) is 4.79 Å². The number of carbonyl (C=O) groups excluding carboxylic acids is 1. The Kier molecular flexibility index (Phi) is 4.84. The van der Waals surface area contributed by atoms with Crippen LogP contribution in [0.5, 0.6) is 0 Å². The predicted molar refractivity (Wildman–Crippen MR) is 70.2 cm³/mol. The van der Waals surface area contributed by atoms with Gasteiger partial charge in [-0.15, -0.1) is 0 Å². The summed E-state index contributed by atoms with van der Waals surface area (Å²) in [6.07, 6.45) is 2.88. The summed E-state index contributed by atoms with van der Waals surface area (Å²) < 4.78 is 2.06. The number of imidazole rings is 1. The van der Waals surface area contributed by atoms with Gasteiger partial charge in [0.15, 0.2) is 6.29 Å². The molecule has 0 aliphatic carbocycles. The van der Waals surface area contributed by atoms with E-state index in [1.54, 1.807) is 6.07 Å². The minimum Gasteiger partial charge on any atom is -0.333 e. The third-order valence-corrected chi connectivity index (χ3v) is 2.64. The molecule has 1 aromatic heterocycles. The first kappa shape index (κ1) is 13.4. The number of hydrogen-bond donors (Lipinski definition) is 1. The van der Waals surface area contributed by atoms with Crippen molar-refractivity contribution in [1.29, 1.82) is 0 Å². The molecule has 0 aliphatic heterocycles. The van der Waals surface area contributed by atoms with E-state index in [4.69, 9.17) is 0 Å². The van der Waals surface area contributed by atoms with E-state index in [1.165, 1.54) is 7.05 Å². The zero-order chi connectivity index (χ0) is 12.8. The summed E-state index contributed by atoms with van der Waals surface area (Å²) >= 11 is 0. The average molecular weight is 233 g/mol. The van der Waals surface area contributed by atoms with Crippen LogP contribution >= 0.6 is 0 Å². The molecule has 0 fully saturated rings. The summed E-state index contributed by atoms with van der Waals surface area (Å²) in [6, 6.07) is 5.69. The van der Waals surface area contributed by atoms with Gasteiger partial charge < -0.3 is 10.3 Å². The van der Waals surface area contributed by atoms with Crippen molar-refractivity contribution in [3.8, 4) is 0 Å². The Morgan fingerprint density at radius 2 is 2.12 bits per heavy atom. The Hall–Kier alpha value is -1.68. The molecule has 92 valence electrons. The molecular weight excluding hydrogens is 214 g/mol. The van der Waals surface area contributed by atoms with Crippen LogP contribution in [0.4, 0.5) is 0 Å². The van der Waals surface area contributed by atoms with E-state index < -0.39 is 0 Å². The molecule has 0 saturated carbocycles. The normalized spacial score (nSPS) is 9.88. The fourth-order valence-corrected chi connectivity index (χ4v) is 1.83. The first-order valence-electron chi connectivity index (χ1n) is 5.75. The van der Waals surface area contributed by atoms with Gasteiger partial charge >= 0.3 is 0 Å². The number of nitrogens with zero attached hydrogens (tertiary/aromatic N) is 2. The first-order chi connectivity index (χ1) is 8.27. The molecule has 0 unspecified atom stereocenters. The maximum atomic E-state index is 10.8. The number of aldehydes is 1. The van der Waals surface area contributed by atoms with E-state index in [0.29, 0.717) is 5.56 Å². The molecule has 2 rings (SSSR count). The SMILES string of the molecule is CCCc1nc2c(C=O)cccc2n1C.CN. The van der Waals surface area contributed by atoms with Gasteiger partial charge in [-0.2, -0.15) is 0 Å². The van der Waals surface area contributed by atoms with Crippen LogP contribution in [-0.4, -0.2) is 22.9 Å². The lowest BCUT2D eigenvalue weighted by Gasteiger charge is -1.99. The summed E-state index contributed by atoms with van der Waals surface area (Å²) in [5.74, 6) is 1.04. The topological polar surface area (TPSA) is 60.9 Å². The van der Waals surface area contributed by atoms with Gasteiger partial charge in [-0.1, -0.05) is 13.0 Å². The van der Waals surface area contributed by atoms with Crippen LogP contribution in [0.25, 0.3) is 11.0 Å². The molecule has 0 amide bonds. The highest BCUT2D eigenvalue weighted by molar-refractivity contribution is 5.94. The van der Waals surface area contributed by atoms with Crippen molar-refractivity contribution in [3.63, 3.8) is 0 Å². The van der Waals surface area contributed by atoms with E-state index in [9.17, 15) is 4.79 Å². The molecule has 0 atom stereocenters. The fourth-order valence-electron chi connectivity index (χ4n) is 1.83. The maximum Gasteiger partial charge on any atom is 0.152 e. The molecule has 2 aromatic rings. The van der Waals surface area contributed by atoms with Crippen LogP contribution in [0.3, 0.4) is 0 Å². The number of rotatable bonds is 3. The van der Waals surface area contributed by atoms with Crippen LogP contribution in [0.1, 0.15) is 29.5 Å². The number of fused-ring (bicyclic) bond motifs is 1. The minimum atomic E-state index is 0.672. The Morgan fingerprint density at radius 1 is 1.41 bits per heavy atom. The van der Waals surface area contributed by atoms with Crippen molar-refractivity contribution < 1.29 is 4.79 Å². The molecule has 4 heteroatoms. The zero-order valence-corrected chi connectivity index (χ0v) is 10.6. The molecule has 1 aromatic carbocycles. The van der Waals surface area contributed by atoms with Crippen LogP contribution in [0.2, 0.25) is 0 Å². The first-order valence-corrected chi connectivity index (χ1v) is 5.75. The quantitative estimate of drug-likeness (QED) is 0.824. The smallest absolute Gasteiger partial charge is 0.152 e. The van der Waals surface area contributed by atoms with Crippen molar-refractivity contribution in [3.05, 3.63) is 29.6 Å². The molecule has 0 bridgehead atoms. The number of nitrogens with two attached hydrogens (primary N) is 1. The molecule has 1 heterocycles. The third-order valence-electron chi connectivity index (χ3n) is 2.64. The Bertz CT molecular complexity index is 503. The highest BCUT2D eigenvalue weighted by atomic mass is 16.1. The Morgan fingerprint density at radius 3 is 2.71 bits per heavy atom. The molecule has 0 aliphatic rings. The fraction of sp³-hybridized carbons (Fsp3) is 0.385. The highest BCUT2D eigenvalue weighted by Crippen LogP contribution is 2.18. The Balaban J connectivity index is 0.000000686. The largest absolute Gasteiger partial charge is 0.333 e. The average Bonchev–Trinajstić information content (AvgIpc) is 2.70. The number of aryl methyl sites for hydroxylation is 2. The molecule has 17 heavy (non-hydrogen) atoms.